The standard InChI is InChI=1S/C24H24N6O3S2/c1-14(2)11-20-27-28-23(35-20)26-19(31)13-29(3)21(32)15-9-10-17-18(12-15)25-24(34)30(22(17)33)16-7-5-4-6-8-16/h4-10,12,14H,11,13H2,1-3H3,(H,25,34)(H,26,28,31). The predicted molar refractivity (Wildman–Crippen MR) is 139 cm³/mol. The molecule has 0 aliphatic heterocycles. The van der Waals surface area contributed by atoms with Crippen LogP contribution < -0.4 is 10.9 Å². The minimum absolute atomic E-state index is 0.165. The third-order valence-corrected chi connectivity index (χ3v) is 6.33. The van der Waals surface area contributed by atoms with Crippen molar-refractivity contribution in [3.63, 3.8) is 0 Å². The van der Waals surface area contributed by atoms with Crippen LogP contribution in [0.15, 0.2) is 53.3 Å². The van der Waals surface area contributed by atoms with Crippen LogP contribution in [0.1, 0.15) is 29.2 Å². The Hall–Kier alpha value is -3.70. The number of hydrogen-bond acceptors (Lipinski definition) is 7. The zero-order valence-electron chi connectivity index (χ0n) is 19.4. The summed E-state index contributed by atoms with van der Waals surface area (Å²) in [5.41, 5.74) is 1.14. The molecule has 0 radical (unpaired) electrons. The highest BCUT2D eigenvalue weighted by atomic mass is 32.1. The van der Waals surface area contributed by atoms with Crippen molar-refractivity contribution in [1.82, 2.24) is 24.6 Å². The summed E-state index contributed by atoms with van der Waals surface area (Å²) < 4.78 is 1.63. The highest BCUT2D eigenvalue weighted by Gasteiger charge is 2.18. The summed E-state index contributed by atoms with van der Waals surface area (Å²) >= 11 is 6.72. The Kier molecular flexibility index (Phi) is 7.17. The van der Waals surface area contributed by atoms with Crippen LogP contribution in [-0.4, -0.2) is 50.1 Å². The highest BCUT2D eigenvalue weighted by Crippen LogP contribution is 2.18. The molecule has 4 rings (SSSR count). The van der Waals surface area contributed by atoms with E-state index in [1.807, 2.05) is 18.2 Å². The zero-order valence-corrected chi connectivity index (χ0v) is 21.1. The quantitative estimate of drug-likeness (QED) is 0.367. The Labute approximate surface area is 210 Å². The van der Waals surface area contributed by atoms with E-state index in [2.05, 4.69) is 34.3 Å². The maximum atomic E-state index is 13.1. The van der Waals surface area contributed by atoms with E-state index in [1.165, 1.54) is 27.9 Å². The van der Waals surface area contributed by atoms with E-state index in [0.29, 0.717) is 33.2 Å². The average Bonchev–Trinajstić information content (AvgIpc) is 3.24. The normalized spacial score (nSPS) is 11.1. The minimum atomic E-state index is -0.376. The molecule has 9 nitrogen and oxygen atoms in total. The number of carbonyl (C=O) groups is 2. The van der Waals surface area contributed by atoms with Gasteiger partial charge in [-0.1, -0.05) is 43.4 Å². The van der Waals surface area contributed by atoms with Gasteiger partial charge in [-0.2, -0.15) is 0 Å². The molecule has 2 amide bonds. The maximum absolute atomic E-state index is 13.1. The lowest BCUT2D eigenvalue weighted by molar-refractivity contribution is -0.116. The van der Waals surface area contributed by atoms with E-state index in [4.69, 9.17) is 12.2 Å². The van der Waals surface area contributed by atoms with Crippen LogP contribution in [0.2, 0.25) is 0 Å². The first-order chi connectivity index (χ1) is 16.7. The third kappa shape index (κ3) is 5.52. The summed E-state index contributed by atoms with van der Waals surface area (Å²) in [6, 6.07) is 13.8. The van der Waals surface area contributed by atoms with Gasteiger partial charge in [0.2, 0.25) is 11.0 Å². The second-order valence-corrected chi connectivity index (χ2v) is 9.92. The number of likely N-dealkylation sites (N-methyl/N-ethyl adjacent to an activating group) is 1. The van der Waals surface area contributed by atoms with E-state index in [-0.39, 0.29) is 28.7 Å². The van der Waals surface area contributed by atoms with Gasteiger partial charge in [0.1, 0.15) is 5.01 Å². The maximum Gasteiger partial charge on any atom is 0.266 e. The molecule has 0 saturated heterocycles. The topological polar surface area (TPSA) is 113 Å². The number of carbonyl (C=O) groups excluding carboxylic acids is 2. The third-order valence-electron chi connectivity index (χ3n) is 5.18. The largest absolute Gasteiger partial charge is 0.332 e. The van der Waals surface area contributed by atoms with Crippen molar-refractivity contribution >= 4 is 51.4 Å². The van der Waals surface area contributed by atoms with Crippen LogP contribution in [0.4, 0.5) is 5.13 Å². The number of amides is 2. The Morgan fingerprint density at radius 2 is 1.91 bits per heavy atom. The van der Waals surface area contributed by atoms with Crippen LogP contribution in [-0.2, 0) is 11.2 Å². The van der Waals surface area contributed by atoms with E-state index in [9.17, 15) is 14.4 Å². The van der Waals surface area contributed by atoms with Gasteiger partial charge >= 0.3 is 0 Å². The lowest BCUT2D eigenvalue weighted by Gasteiger charge is -2.16. The second kappa shape index (κ2) is 10.3. The molecule has 180 valence electrons. The van der Waals surface area contributed by atoms with Gasteiger partial charge in [0.05, 0.1) is 23.1 Å². The first kappa shape index (κ1) is 24.4. The number of nitrogens with zero attached hydrogens (tertiary/aromatic N) is 4. The van der Waals surface area contributed by atoms with Gasteiger partial charge in [-0.25, -0.2) is 0 Å². The number of para-hydroxylation sites is 1. The van der Waals surface area contributed by atoms with E-state index in [0.717, 1.165) is 11.4 Å². The Balaban J connectivity index is 1.50. The summed E-state index contributed by atoms with van der Waals surface area (Å²) in [7, 11) is 1.53. The van der Waals surface area contributed by atoms with Crippen molar-refractivity contribution in [2.75, 3.05) is 18.9 Å². The van der Waals surface area contributed by atoms with Crippen molar-refractivity contribution in [3.05, 3.63) is 74.2 Å². The molecule has 2 N–H and O–H groups in total. The molecule has 0 fully saturated rings. The van der Waals surface area contributed by atoms with Gasteiger partial charge in [0.15, 0.2) is 4.77 Å². The molecular formula is C24H24N6O3S2. The number of rotatable bonds is 7. The van der Waals surface area contributed by atoms with Gasteiger partial charge in [-0.15, -0.1) is 10.2 Å². The van der Waals surface area contributed by atoms with E-state index >= 15 is 0 Å². The summed E-state index contributed by atoms with van der Waals surface area (Å²) in [5.74, 6) is -0.308. The summed E-state index contributed by atoms with van der Waals surface area (Å²) in [5, 5.41) is 12.4. The second-order valence-electron chi connectivity index (χ2n) is 8.47. The number of hydrogen-bond donors (Lipinski definition) is 2. The van der Waals surface area contributed by atoms with Crippen molar-refractivity contribution in [2.24, 2.45) is 5.92 Å². The molecule has 2 heterocycles. The van der Waals surface area contributed by atoms with Crippen molar-refractivity contribution < 1.29 is 9.59 Å². The van der Waals surface area contributed by atoms with Crippen molar-refractivity contribution in [1.29, 1.82) is 0 Å². The Morgan fingerprint density at radius 1 is 1.17 bits per heavy atom. The van der Waals surface area contributed by atoms with Crippen molar-refractivity contribution in [3.8, 4) is 5.69 Å². The van der Waals surface area contributed by atoms with E-state index < -0.39 is 0 Å². The zero-order chi connectivity index (χ0) is 25.1. The molecule has 2 aromatic heterocycles. The molecule has 4 aromatic rings. The van der Waals surface area contributed by atoms with Crippen LogP contribution in [0, 0.1) is 10.7 Å². The average molecular weight is 509 g/mol. The Bertz CT molecular complexity index is 1510. The molecule has 0 aliphatic carbocycles. The molecular weight excluding hydrogens is 484 g/mol. The SMILES string of the molecule is CC(C)Cc1nnc(NC(=O)CN(C)C(=O)c2ccc3c(=O)n(-c4ccccc4)c(=S)[nH]c3c2)s1. The lowest BCUT2D eigenvalue weighted by Crippen LogP contribution is -2.35. The fourth-order valence-electron chi connectivity index (χ4n) is 3.56. The summed E-state index contributed by atoms with van der Waals surface area (Å²) in [6.07, 6.45) is 0.785. The predicted octanol–water partition coefficient (Wildman–Crippen LogP) is 3.81. The summed E-state index contributed by atoms with van der Waals surface area (Å²) in [4.78, 5) is 42.8. The molecule has 2 aromatic carbocycles. The number of benzene rings is 2. The monoisotopic (exact) mass is 508 g/mol. The molecule has 0 spiro atoms. The fourth-order valence-corrected chi connectivity index (χ4v) is 4.83. The van der Waals surface area contributed by atoms with Crippen LogP contribution >= 0.6 is 23.6 Å². The first-order valence-corrected chi connectivity index (χ1v) is 12.2. The van der Waals surface area contributed by atoms with Crippen LogP contribution in [0.25, 0.3) is 16.6 Å². The molecule has 0 unspecified atom stereocenters. The van der Waals surface area contributed by atoms with Gasteiger partial charge in [0.25, 0.3) is 11.5 Å². The van der Waals surface area contributed by atoms with Crippen LogP contribution in [0.3, 0.4) is 0 Å². The molecule has 0 aliphatic rings. The van der Waals surface area contributed by atoms with E-state index in [1.54, 1.807) is 30.3 Å². The molecule has 11 heteroatoms. The van der Waals surface area contributed by atoms with Crippen molar-refractivity contribution in [2.45, 2.75) is 20.3 Å². The van der Waals surface area contributed by atoms with Gasteiger partial charge in [-0.05, 0) is 48.5 Å². The van der Waals surface area contributed by atoms with Gasteiger partial charge in [-0.3, -0.25) is 24.3 Å². The lowest BCUT2D eigenvalue weighted by atomic mass is 10.1. The number of fused-ring (bicyclic) bond motifs is 1. The smallest absolute Gasteiger partial charge is 0.266 e. The first-order valence-electron chi connectivity index (χ1n) is 10.9. The van der Waals surface area contributed by atoms with Gasteiger partial charge in [0, 0.05) is 19.0 Å². The number of anilines is 1. The van der Waals surface area contributed by atoms with Gasteiger partial charge < -0.3 is 9.88 Å². The highest BCUT2D eigenvalue weighted by molar-refractivity contribution is 7.71. The molecule has 35 heavy (non-hydrogen) atoms. The minimum Gasteiger partial charge on any atom is -0.332 e. The molecule has 0 bridgehead atoms. The fraction of sp³-hybridized carbons (Fsp3) is 0.250. The van der Waals surface area contributed by atoms with Crippen LogP contribution in [0.5, 0.6) is 0 Å². The number of aromatic amines is 1. The number of nitrogens with one attached hydrogen (secondary N) is 2. The summed E-state index contributed by atoms with van der Waals surface area (Å²) in [6.45, 7) is 4.00. The Morgan fingerprint density at radius 3 is 2.63 bits per heavy atom. The number of H-pyrrole nitrogens is 1. The molecule has 0 saturated carbocycles. The molecule has 0 atom stereocenters. The number of aromatic nitrogens is 4.